The third-order valence-corrected chi connectivity index (χ3v) is 8.24. The van der Waals surface area contributed by atoms with Crippen molar-refractivity contribution in [2.75, 3.05) is 52.0 Å². The van der Waals surface area contributed by atoms with Gasteiger partial charge in [-0.25, -0.2) is 4.39 Å². The van der Waals surface area contributed by atoms with Crippen LogP contribution in [0.1, 0.15) is 80.4 Å². The fourth-order valence-corrected chi connectivity index (χ4v) is 5.82. The van der Waals surface area contributed by atoms with Crippen LogP contribution in [0.25, 0.3) is 0 Å². The number of piperidine rings is 1. The zero-order chi connectivity index (χ0) is 32.9. The number of Topliss-reactive ketones (excluding diaryl/α,β-unsaturated/α-hetero) is 1. The van der Waals surface area contributed by atoms with E-state index in [-0.39, 0.29) is 60.1 Å². The van der Waals surface area contributed by atoms with Gasteiger partial charge in [-0.05, 0) is 55.4 Å². The standard InChI is InChI=1S/C34H43FN4O6/c1-7-44-28(41)9-8-14-45-31-24(34(2,3)4)15-22(16-25(31)38-12-10-21(18-36)11-13-38)26(40)20-39-19-23-17-27(42-5)32(43-6)30(35)29(23)33(39)37/h15-17,21,37H,7-14,19-20H2,1-6H3. The first-order valence-electron chi connectivity index (χ1n) is 15.3. The molecule has 0 unspecified atom stereocenters. The van der Waals surface area contributed by atoms with E-state index in [2.05, 4.69) is 11.0 Å². The van der Waals surface area contributed by atoms with Crippen molar-refractivity contribution in [2.24, 2.45) is 5.92 Å². The van der Waals surface area contributed by atoms with Gasteiger partial charge in [-0.3, -0.25) is 15.0 Å². The Kier molecular flexibility index (Phi) is 10.6. The predicted molar refractivity (Wildman–Crippen MR) is 168 cm³/mol. The Morgan fingerprint density at radius 2 is 1.82 bits per heavy atom. The van der Waals surface area contributed by atoms with Crippen LogP contribution in [0.15, 0.2) is 18.2 Å². The summed E-state index contributed by atoms with van der Waals surface area (Å²) in [5, 5.41) is 18.2. The lowest BCUT2D eigenvalue weighted by molar-refractivity contribution is -0.143. The molecule has 45 heavy (non-hydrogen) atoms. The molecule has 0 atom stereocenters. The van der Waals surface area contributed by atoms with Crippen LogP contribution in [-0.4, -0.2) is 69.6 Å². The van der Waals surface area contributed by atoms with E-state index in [0.717, 1.165) is 11.3 Å². The Morgan fingerprint density at radius 3 is 2.42 bits per heavy atom. The zero-order valence-electron chi connectivity index (χ0n) is 27.0. The second kappa shape index (κ2) is 14.2. The summed E-state index contributed by atoms with van der Waals surface area (Å²) in [6, 6.07) is 7.67. The molecule has 2 aliphatic rings. The van der Waals surface area contributed by atoms with Gasteiger partial charge < -0.3 is 28.7 Å². The largest absolute Gasteiger partial charge is 0.493 e. The first-order valence-corrected chi connectivity index (χ1v) is 15.3. The number of carbonyl (C=O) groups is 2. The number of rotatable bonds is 12. The minimum Gasteiger partial charge on any atom is -0.493 e. The number of benzene rings is 2. The molecule has 242 valence electrons. The highest BCUT2D eigenvalue weighted by molar-refractivity contribution is 6.06. The lowest BCUT2D eigenvalue weighted by atomic mass is 9.84. The second-order valence-electron chi connectivity index (χ2n) is 12.4. The molecule has 0 radical (unpaired) electrons. The van der Waals surface area contributed by atoms with Crippen LogP contribution >= 0.6 is 0 Å². The van der Waals surface area contributed by atoms with Crippen LogP contribution in [0.4, 0.5) is 10.1 Å². The van der Waals surface area contributed by atoms with Gasteiger partial charge in [-0.15, -0.1) is 0 Å². The van der Waals surface area contributed by atoms with Crippen molar-refractivity contribution in [2.45, 2.75) is 65.3 Å². The van der Waals surface area contributed by atoms with Crippen LogP contribution < -0.4 is 19.1 Å². The van der Waals surface area contributed by atoms with Crippen molar-refractivity contribution in [1.29, 1.82) is 10.7 Å². The summed E-state index contributed by atoms with van der Waals surface area (Å²) in [5.74, 6) is -0.493. The topological polar surface area (TPSA) is 125 Å². The third kappa shape index (κ3) is 7.32. The number of nitrogens with zero attached hydrogens (tertiary/aromatic N) is 3. The molecule has 2 aromatic rings. The number of ether oxygens (including phenoxy) is 4. The maximum absolute atomic E-state index is 15.3. The molecule has 2 heterocycles. The molecule has 0 spiro atoms. The van der Waals surface area contributed by atoms with Crippen LogP contribution in [0.3, 0.4) is 0 Å². The molecule has 11 heteroatoms. The van der Waals surface area contributed by atoms with Crippen molar-refractivity contribution < 1.29 is 32.9 Å². The number of anilines is 1. The Labute approximate surface area is 264 Å². The van der Waals surface area contributed by atoms with Gasteiger partial charge in [0, 0.05) is 43.1 Å². The molecule has 0 aromatic heterocycles. The van der Waals surface area contributed by atoms with E-state index in [4.69, 9.17) is 24.4 Å². The summed E-state index contributed by atoms with van der Waals surface area (Å²) in [5.41, 5.74) is 2.30. The maximum Gasteiger partial charge on any atom is 0.305 e. The number of hydrogen-bond acceptors (Lipinski definition) is 9. The maximum atomic E-state index is 15.3. The summed E-state index contributed by atoms with van der Waals surface area (Å²) < 4.78 is 37.2. The Morgan fingerprint density at radius 1 is 1.11 bits per heavy atom. The van der Waals surface area contributed by atoms with Gasteiger partial charge in [-0.1, -0.05) is 20.8 Å². The minimum absolute atomic E-state index is 0.0254. The van der Waals surface area contributed by atoms with Crippen molar-refractivity contribution in [3.63, 3.8) is 0 Å². The van der Waals surface area contributed by atoms with Crippen molar-refractivity contribution in [3.8, 4) is 23.3 Å². The van der Waals surface area contributed by atoms with Gasteiger partial charge in [0.1, 0.15) is 11.6 Å². The van der Waals surface area contributed by atoms with E-state index in [1.165, 1.54) is 14.2 Å². The van der Waals surface area contributed by atoms with Gasteiger partial charge in [0.25, 0.3) is 0 Å². The van der Waals surface area contributed by atoms with E-state index in [9.17, 15) is 14.9 Å². The molecular weight excluding hydrogens is 579 g/mol. The fraction of sp³-hybridized carbons (Fsp3) is 0.529. The zero-order valence-corrected chi connectivity index (χ0v) is 27.0. The second-order valence-corrected chi connectivity index (χ2v) is 12.4. The minimum atomic E-state index is -0.686. The molecule has 0 bridgehead atoms. The first kappa shape index (κ1) is 33.6. The normalized spacial score (nSPS) is 15.0. The highest BCUT2D eigenvalue weighted by atomic mass is 19.1. The summed E-state index contributed by atoms with van der Waals surface area (Å²) in [4.78, 5) is 29.5. The molecule has 1 N–H and O–H groups in total. The molecule has 10 nitrogen and oxygen atoms in total. The quantitative estimate of drug-likeness (QED) is 0.182. The van der Waals surface area contributed by atoms with Gasteiger partial charge in [0.05, 0.1) is 51.3 Å². The molecule has 0 amide bonds. The number of ketones is 1. The molecule has 4 rings (SSSR count). The average Bonchev–Trinajstić information content (AvgIpc) is 3.32. The van der Waals surface area contributed by atoms with E-state index in [1.807, 2.05) is 32.9 Å². The van der Waals surface area contributed by atoms with Crippen molar-refractivity contribution >= 4 is 23.3 Å². The van der Waals surface area contributed by atoms with Crippen LogP contribution in [0, 0.1) is 28.5 Å². The molecule has 0 saturated carbocycles. The number of nitriles is 1. The van der Waals surface area contributed by atoms with Gasteiger partial charge >= 0.3 is 5.97 Å². The number of carbonyl (C=O) groups excluding carboxylic acids is 2. The van der Waals surface area contributed by atoms with E-state index in [1.54, 1.807) is 17.9 Å². The summed E-state index contributed by atoms with van der Waals surface area (Å²) in [6.45, 7) is 9.84. The van der Waals surface area contributed by atoms with E-state index in [0.29, 0.717) is 62.4 Å². The monoisotopic (exact) mass is 622 g/mol. The summed E-state index contributed by atoms with van der Waals surface area (Å²) >= 11 is 0. The Balaban J connectivity index is 1.65. The van der Waals surface area contributed by atoms with E-state index >= 15 is 4.39 Å². The first-order chi connectivity index (χ1) is 21.4. The fourth-order valence-electron chi connectivity index (χ4n) is 5.82. The van der Waals surface area contributed by atoms with Crippen molar-refractivity contribution in [1.82, 2.24) is 4.90 Å². The molecule has 2 aromatic carbocycles. The van der Waals surface area contributed by atoms with E-state index < -0.39 is 11.2 Å². The number of methoxy groups -OCH3 is 2. The van der Waals surface area contributed by atoms with Crippen LogP contribution in [0.5, 0.6) is 17.2 Å². The third-order valence-electron chi connectivity index (χ3n) is 8.24. The Hall–Kier alpha value is -4.33. The number of hydrogen-bond donors (Lipinski definition) is 1. The number of amidine groups is 1. The van der Waals surface area contributed by atoms with Crippen LogP contribution in [0.2, 0.25) is 0 Å². The molecule has 1 saturated heterocycles. The average molecular weight is 623 g/mol. The smallest absolute Gasteiger partial charge is 0.305 e. The number of fused-ring (bicyclic) bond motifs is 1. The van der Waals surface area contributed by atoms with Crippen molar-refractivity contribution in [3.05, 3.63) is 46.3 Å². The number of nitrogens with one attached hydrogen (secondary N) is 1. The number of esters is 1. The highest BCUT2D eigenvalue weighted by Crippen LogP contribution is 2.42. The molecular formula is C34H43FN4O6. The van der Waals surface area contributed by atoms with Gasteiger partial charge in [-0.2, -0.15) is 5.26 Å². The Bertz CT molecular complexity index is 1490. The highest BCUT2D eigenvalue weighted by Gasteiger charge is 2.34. The van der Waals surface area contributed by atoms with Gasteiger partial charge in [0.2, 0.25) is 0 Å². The van der Waals surface area contributed by atoms with Crippen LogP contribution in [-0.2, 0) is 21.5 Å². The predicted octanol–water partition coefficient (Wildman–Crippen LogP) is 5.63. The molecule has 2 aliphatic heterocycles. The lowest BCUT2D eigenvalue weighted by Gasteiger charge is -2.35. The van der Waals surface area contributed by atoms with Gasteiger partial charge in [0.15, 0.2) is 23.1 Å². The summed E-state index contributed by atoms with van der Waals surface area (Å²) in [7, 11) is 2.76. The summed E-state index contributed by atoms with van der Waals surface area (Å²) in [6.07, 6.45) is 2.11. The lowest BCUT2D eigenvalue weighted by Crippen LogP contribution is -2.34. The molecule has 0 aliphatic carbocycles. The SMILES string of the molecule is CCOC(=O)CCCOc1c(N2CCC(C#N)CC2)cc(C(=O)CN2Cc3cc(OC)c(OC)c(F)c3C2=N)cc1C(C)(C)C. The molecule has 1 fully saturated rings. The number of halogens is 1.